The van der Waals surface area contributed by atoms with Crippen molar-refractivity contribution < 1.29 is 4.79 Å². The summed E-state index contributed by atoms with van der Waals surface area (Å²) in [6.45, 7) is 5.97. The van der Waals surface area contributed by atoms with E-state index >= 15 is 0 Å². The van der Waals surface area contributed by atoms with Crippen LogP contribution in [0.4, 0.5) is 0 Å². The van der Waals surface area contributed by atoms with Gasteiger partial charge in [0.05, 0.1) is 0 Å². The SMILES string of the molecule is CCC(=O)C1(C)CCCNC1. The predicted octanol–water partition coefficient (Wildman–Crippen LogP) is 1.36. The van der Waals surface area contributed by atoms with E-state index in [2.05, 4.69) is 12.2 Å². The summed E-state index contributed by atoms with van der Waals surface area (Å²) in [6.07, 6.45) is 2.88. The fraction of sp³-hybridized carbons (Fsp3) is 0.889. The Labute approximate surface area is 68.4 Å². The highest BCUT2D eigenvalue weighted by Gasteiger charge is 2.32. The molecule has 1 heterocycles. The summed E-state index contributed by atoms with van der Waals surface area (Å²) in [4.78, 5) is 11.4. The van der Waals surface area contributed by atoms with Gasteiger partial charge in [0.25, 0.3) is 0 Å². The summed E-state index contributed by atoms with van der Waals surface area (Å²) in [6, 6.07) is 0. The summed E-state index contributed by atoms with van der Waals surface area (Å²) in [5, 5.41) is 3.27. The Morgan fingerprint density at radius 3 is 2.82 bits per heavy atom. The maximum absolute atomic E-state index is 11.4. The van der Waals surface area contributed by atoms with Gasteiger partial charge in [0.2, 0.25) is 0 Å². The van der Waals surface area contributed by atoms with Crippen LogP contribution in [-0.4, -0.2) is 18.9 Å². The Morgan fingerprint density at radius 2 is 2.36 bits per heavy atom. The average molecular weight is 155 g/mol. The zero-order valence-corrected chi connectivity index (χ0v) is 7.44. The van der Waals surface area contributed by atoms with Crippen molar-refractivity contribution >= 4 is 5.78 Å². The standard InChI is InChI=1S/C9H17NO/c1-3-8(11)9(2)5-4-6-10-7-9/h10H,3-7H2,1-2H3. The fourth-order valence-electron chi connectivity index (χ4n) is 1.72. The Morgan fingerprint density at radius 1 is 1.64 bits per heavy atom. The van der Waals surface area contributed by atoms with Gasteiger partial charge in [-0.2, -0.15) is 0 Å². The topological polar surface area (TPSA) is 29.1 Å². The molecule has 1 N–H and O–H groups in total. The normalized spacial score (nSPS) is 31.8. The molecular formula is C9H17NO. The van der Waals surface area contributed by atoms with Crippen LogP contribution in [0.15, 0.2) is 0 Å². The second kappa shape index (κ2) is 3.35. The quantitative estimate of drug-likeness (QED) is 0.652. The molecule has 0 aromatic carbocycles. The van der Waals surface area contributed by atoms with Crippen molar-refractivity contribution in [1.82, 2.24) is 5.32 Å². The first-order valence-electron chi connectivity index (χ1n) is 4.43. The second-order valence-electron chi connectivity index (χ2n) is 3.62. The predicted molar refractivity (Wildman–Crippen MR) is 45.5 cm³/mol. The molecule has 0 radical (unpaired) electrons. The van der Waals surface area contributed by atoms with Crippen molar-refractivity contribution in [3.63, 3.8) is 0 Å². The lowest BCUT2D eigenvalue weighted by Gasteiger charge is -2.32. The lowest BCUT2D eigenvalue weighted by molar-refractivity contribution is -0.128. The van der Waals surface area contributed by atoms with Gasteiger partial charge < -0.3 is 5.32 Å². The lowest BCUT2D eigenvalue weighted by Crippen LogP contribution is -2.43. The molecule has 0 aliphatic carbocycles. The van der Waals surface area contributed by atoms with E-state index in [9.17, 15) is 4.79 Å². The number of ketones is 1. The van der Waals surface area contributed by atoms with Gasteiger partial charge >= 0.3 is 0 Å². The van der Waals surface area contributed by atoms with Crippen molar-refractivity contribution in [3.8, 4) is 0 Å². The van der Waals surface area contributed by atoms with Gasteiger partial charge in [-0.1, -0.05) is 13.8 Å². The van der Waals surface area contributed by atoms with Crippen molar-refractivity contribution in [2.75, 3.05) is 13.1 Å². The molecule has 1 aliphatic heterocycles. The van der Waals surface area contributed by atoms with E-state index in [0.717, 1.165) is 25.9 Å². The first-order valence-corrected chi connectivity index (χ1v) is 4.43. The first kappa shape index (κ1) is 8.72. The van der Waals surface area contributed by atoms with E-state index in [0.29, 0.717) is 12.2 Å². The van der Waals surface area contributed by atoms with Crippen LogP contribution in [0.3, 0.4) is 0 Å². The fourth-order valence-corrected chi connectivity index (χ4v) is 1.72. The minimum absolute atomic E-state index is 0.0625. The molecule has 1 saturated heterocycles. The van der Waals surface area contributed by atoms with Crippen LogP contribution < -0.4 is 5.32 Å². The van der Waals surface area contributed by atoms with Gasteiger partial charge in [-0.15, -0.1) is 0 Å². The first-order chi connectivity index (χ1) is 5.19. The van der Waals surface area contributed by atoms with Crippen molar-refractivity contribution in [2.24, 2.45) is 5.41 Å². The number of hydrogen-bond donors (Lipinski definition) is 1. The van der Waals surface area contributed by atoms with Crippen LogP contribution in [0, 0.1) is 5.41 Å². The molecule has 11 heavy (non-hydrogen) atoms. The number of hydrogen-bond acceptors (Lipinski definition) is 2. The van der Waals surface area contributed by atoms with Crippen LogP contribution in [0.25, 0.3) is 0 Å². The van der Waals surface area contributed by atoms with E-state index in [1.807, 2.05) is 6.92 Å². The third-order valence-corrected chi connectivity index (χ3v) is 2.59. The van der Waals surface area contributed by atoms with Gasteiger partial charge in [0.15, 0.2) is 0 Å². The highest BCUT2D eigenvalue weighted by Crippen LogP contribution is 2.27. The second-order valence-corrected chi connectivity index (χ2v) is 3.62. The average Bonchev–Trinajstić information content (AvgIpc) is 2.04. The third kappa shape index (κ3) is 1.80. The van der Waals surface area contributed by atoms with Crippen LogP contribution >= 0.6 is 0 Å². The smallest absolute Gasteiger partial charge is 0.139 e. The Balaban J connectivity index is 2.56. The van der Waals surface area contributed by atoms with E-state index in [4.69, 9.17) is 0 Å². The molecule has 2 heteroatoms. The van der Waals surface area contributed by atoms with Crippen molar-refractivity contribution in [1.29, 1.82) is 0 Å². The maximum Gasteiger partial charge on any atom is 0.139 e. The molecule has 1 unspecified atom stereocenters. The molecular weight excluding hydrogens is 138 g/mol. The minimum atomic E-state index is -0.0625. The van der Waals surface area contributed by atoms with Crippen LogP contribution in [0.5, 0.6) is 0 Å². The highest BCUT2D eigenvalue weighted by atomic mass is 16.1. The molecule has 2 nitrogen and oxygen atoms in total. The molecule has 0 spiro atoms. The van der Waals surface area contributed by atoms with E-state index < -0.39 is 0 Å². The number of carbonyl (C=O) groups excluding carboxylic acids is 1. The Kier molecular flexibility index (Phi) is 2.66. The van der Waals surface area contributed by atoms with E-state index in [-0.39, 0.29) is 5.41 Å². The molecule has 0 amide bonds. The van der Waals surface area contributed by atoms with Crippen LogP contribution in [-0.2, 0) is 4.79 Å². The minimum Gasteiger partial charge on any atom is -0.316 e. The van der Waals surface area contributed by atoms with Gasteiger partial charge in [0, 0.05) is 18.4 Å². The van der Waals surface area contributed by atoms with E-state index in [1.54, 1.807) is 0 Å². The highest BCUT2D eigenvalue weighted by molar-refractivity contribution is 5.84. The monoisotopic (exact) mass is 155 g/mol. The molecule has 0 aromatic rings. The van der Waals surface area contributed by atoms with Gasteiger partial charge in [-0.05, 0) is 19.4 Å². The zero-order valence-electron chi connectivity index (χ0n) is 7.44. The summed E-state index contributed by atoms with van der Waals surface area (Å²) >= 11 is 0. The summed E-state index contributed by atoms with van der Waals surface area (Å²) in [5.74, 6) is 0.407. The van der Waals surface area contributed by atoms with Crippen molar-refractivity contribution in [3.05, 3.63) is 0 Å². The molecule has 0 saturated carbocycles. The summed E-state index contributed by atoms with van der Waals surface area (Å²) < 4.78 is 0. The molecule has 64 valence electrons. The molecule has 1 rings (SSSR count). The summed E-state index contributed by atoms with van der Waals surface area (Å²) in [7, 11) is 0. The maximum atomic E-state index is 11.4. The largest absolute Gasteiger partial charge is 0.316 e. The molecule has 1 fully saturated rings. The van der Waals surface area contributed by atoms with Crippen LogP contribution in [0.2, 0.25) is 0 Å². The Hall–Kier alpha value is -0.370. The van der Waals surface area contributed by atoms with Gasteiger partial charge in [0.1, 0.15) is 5.78 Å². The number of Topliss-reactive ketones (excluding diaryl/α,β-unsaturated/α-hetero) is 1. The molecule has 1 atom stereocenters. The number of piperidine rings is 1. The number of rotatable bonds is 2. The Bertz CT molecular complexity index is 148. The van der Waals surface area contributed by atoms with Gasteiger partial charge in [-0.25, -0.2) is 0 Å². The van der Waals surface area contributed by atoms with E-state index in [1.165, 1.54) is 0 Å². The van der Waals surface area contributed by atoms with Gasteiger partial charge in [-0.3, -0.25) is 4.79 Å². The third-order valence-electron chi connectivity index (χ3n) is 2.59. The summed E-state index contributed by atoms with van der Waals surface area (Å²) in [5.41, 5.74) is -0.0625. The molecule has 1 aliphatic rings. The van der Waals surface area contributed by atoms with Crippen LogP contribution in [0.1, 0.15) is 33.1 Å². The molecule has 0 aromatic heterocycles. The number of carbonyl (C=O) groups is 1. The number of nitrogens with one attached hydrogen (secondary N) is 1. The zero-order chi connectivity index (χ0) is 8.32. The van der Waals surface area contributed by atoms with Crippen molar-refractivity contribution in [2.45, 2.75) is 33.1 Å². The molecule has 0 bridgehead atoms. The lowest BCUT2D eigenvalue weighted by atomic mass is 9.78.